The molecule has 0 unspecified atom stereocenters. The van der Waals surface area contributed by atoms with Gasteiger partial charge in [0.25, 0.3) is 0 Å². The van der Waals surface area contributed by atoms with E-state index in [1.807, 2.05) is 0 Å². The molecular weight excluding hydrogens is 240 g/mol. The average Bonchev–Trinajstić information content (AvgIpc) is 2.33. The molecule has 1 amide bonds. The zero-order valence-electron chi connectivity index (χ0n) is 12.4. The first kappa shape index (κ1) is 14.8. The van der Waals surface area contributed by atoms with E-state index in [1.54, 1.807) is 7.11 Å². The third-order valence-electron chi connectivity index (χ3n) is 4.77. The van der Waals surface area contributed by atoms with Crippen molar-refractivity contribution in [1.82, 2.24) is 10.2 Å². The molecule has 0 bridgehead atoms. The predicted molar refractivity (Wildman–Crippen MR) is 76.0 cm³/mol. The molecule has 1 saturated heterocycles. The second kappa shape index (κ2) is 6.71. The Morgan fingerprint density at radius 1 is 1.42 bits per heavy atom. The molecule has 1 saturated carbocycles. The van der Waals surface area contributed by atoms with Crippen molar-refractivity contribution in [2.75, 3.05) is 40.4 Å². The number of nitrogens with zero attached hydrogens (tertiary/aromatic N) is 1. The molecule has 1 aliphatic heterocycles. The van der Waals surface area contributed by atoms with Gasteiger partial charge in [-0.1, -0.05) is 6.42 Å². The molecule has 110 valence electrons. The van der Waals surface area contributed by atoms with Crippen LogP contribution in [0, 0.1) is 11.3 Å². The molecule has 1 aliphatic carbocycles. The monoisotopic (exact) mass is 268 g/mol. The first-order valence-corrected chi connectivity index (χ1v) is 7.62. The van der Waals surface area contributed by atoms with Crippen molar-refractivity contribution in [3.8, 4) is 0 Å². The minimum atomic E-state index is -0.210. The number of hydrogen-bond acceptors (Lipinski definition) is 3. The lowest BCUT2D eigenvalue weighted by molar-refractivity contribution is -0.140. The van der Waals surface area contributed by atoms with Crippen LogP contribution in [0.25, 0.3) is 0 Å². The Bertz CT molecular complexity index is 303. The zero-order valence-corrected chi connectivity index (χ0v) is 12.4. The Kier molecular flexibility index (Phi) is 5.22. The van der Waals surface area contributed by atoms with E-state index < -0.39 is 0 Å². The van der Waals surface area contributed by atoms with Gasteiger partial charge in [-0.3, -0.25) is 4.79 Å². The highest BCUT2D eigenvalue weighted by atomic mass is 16.5. The zero-order chi connectivity index (χ0) is 13.7. The molecule has 2 rings (SSSR count). The van der Waals surface area contributed by atoms with Crippen LogP contribution >= 0.6 is 0 Å². The van der Waals surface area contributed by atoms with Gasteiger partial charge in [-0.15, -0.1) is 0 Å². The van der Waals surface area contributed by atoms with Crippen LogP contribution in [0.5, 0.6) is 0 Å². The van der Waals surface area contributed by atoms with Crippen molar-refractivity contribution in [2.24, 2.45) is 11.3 Å². The van der Waals surface area contributed by atoms with Crippen LogP contribution in [-0.4, -0.2) is 51.2 Å². The molecule has 0 aromatic rings. The van der Waals surface area contributed by atoms with E-state index in [-0.39, 0.29) is 11.3 Å². The molecule has 1 atom stereocenters. The van der Waals surface area contributed by atoms with Crippen molar-refractivity contribution < 1.29 is 9.53 Å². The van der Waals surface area contributed by atoms with Crippen LogP contribution in [0.3, 0.4) is 0 Å². The van der Waals surface area contributed by atoms with Gasteiger partial charge in [0.05, 0.1) is 12.0 Å². The Labute approximate surface area is 116 Å². The molecule has 4 nitrogen and oxygen atoms in total. The molecule has 2 aliphatic rings. The minimum absolute atomic E-state index is 0.210. The summed E-state index contributed by atoms with van der Waals surface area (Å²) in [7, 11) is 3.87. The van der Waals surface area contributed by atoms with Crippen LogP contribution in [0.15, 0.2) is 0 Å². The summed E-state index contributed by atoms with van der Waals surface area (Å²) >= 11 is 0. The fourth-order valence-electron chi connectivity index (χ4n) is 3.40. The number of carbonyl (C=O) groups is 1. The summed E-state index contributed by atoms with van der Waals surface area (Å²) in [5, 5.41) is 3.13. The molecule has 19 heavy (non-hydrogen) atoms. The summed E-state index contributed by atoms with van der Waals surface area (Å²) in [4.78, 5) is 14.6. The maximum absolute atomic E-state index is 12.2. The van der Waals surface area contributed by atoms with Crippen molar-refractivity contribution in [3.63, 3.8) is 0 Å². The van der Waals surface area contributed by atoms with Crippen molar-refractivity contribution >= 4 is 5.91 Å². The molecule has 0 aromatic carbocycles. The summed E-state index contributed by atoms with van der Waals surface area (Å²) in [5.41, 5.74) is -0.210. The number of piperidine rings is 1. The lowest BCUT2D eigenvalue weighted by atomic mass is 9.68. The Balaban J connectivity index is 1.68. The Hall–Kier alpha value is -0.610. The van der Waals surface area contributed by atoms with Crippen LogP contribution in [-0.2, 0) is 9.53 Å². The summed E-state index contributed by atoms with van der Waals surface area (Å²) in [5.74, 6) is 0.962. The van der Waals surface area contributed by atoms with Crippen LogP contribution in [0.1, 0.15) is 38.5 Å². The van der Waals surface area contributed by atoms with Crippen molar-refractivity contribution in [2.45, 2.75) is 38.5 Å². The molecule has 4 heteroatoms. The molecular formula is C15H28N2O2. The fourth-order valence-corrected chi connectivity index (χ4v) is 3.40. The normalized spacial score (nSPS) is 26.7. The topological polar surface area (TPSA) is 41.6 Å². The van der Waals surface area contributed by atoms with Gasteiger partial charge in [0.1, 0.15) is 0 Å². The lowest BCUT2D eigenvalue weighted by Crippen LogP contribution is -2.49. The summed E-state index contributed by atoms with van der Waals surface area (Å²) in [6.45, 7) is 3.80. The van der Waals surface area contributed by atoms with Crippen molar-refractivity contribution in [1.29, 1.82) is 0 Å². The first-order chi connectivity index (χ1) is 9.16. The molecule has 0 radical (unpaired) electrons. The Morgan fingerprint density at radius 2 is 2.21 bits per heavy atom. The highest BCUT2D eigenvalue weighted by Crippen LogP contribution is 2.41. The number of nitrogens with one attached hydrogen (secondary N) is 1. The summed E-state index contributed by atoms with van der Waals surface area (Å²) < 4.78 is 5.21. The first-order valence-electron chi connectivity index (χ1n) is 7.62. The maximum atomic E-state index is 12.2. The van der Waals surface area contributed by atoms with E-state index in [0.29, 0.717) is 6.61 Å². The quantitative estimate of drug-likeness (QED) is 0.796. The largest absolute Gasteiger partial charge is 0.384 e. The van der Waals surface area contributed by atoms with Crippen LogP contribution in [0.2, 0.25) is 0 Å². The summed E-state index contributed by atoms with van der Waals surface area (Å²) in [6, 6.07) is 0. The number of amides is 1. The molecule has 0 spiro atoms. The Morgan fingerprint density at radius 3 is 2.79 bits per heavy atom. The smallest absolute Gasteiger partial charge is 0.228 e. The predicted octanol–water partition coefficient (Wildman–Crippen LogP) is 1.65. The lowest BCUT2D eigenvalue weighted by Gasteiger charge is -2.39. The van der Waals surface area contributed by atoms with E-state index in [1.165, 1.54) is 25.9 Å². The second-order valence-corrected chi connectivity index (χ2v) is 6.38. The molecule has 1 N–H and O–H groups in total. The molecule has 0 aromatic heterocycles. The van der Waals surface area contributed by atoms with Gasteiger partial charge >= 0.3 is 0 Å². The van der Waals surface area contributed by atoms with Gasteiger partial charge in [-0.2, -0.15) is 0 Å². The number of likely N-dealkylation sites (tertiary alicyclic amines) is 1. The highest BCUT2D eigenvalue weighted by Gasteiger charge is 2.43. The van der Waals surface area contributed by atoms with Gasteiger partial charge in [0.2, 0.25) is 5.91 Å². The number of rotatable bonds is 6. The van der Waals surface area contributed by atoms with E-state index >= 15 is 0 Å². The fraction of sp³-hybridized carbons (Fsp3) is 0.933. The van der Waals surface area contributed by atoms with Gasteiger partial charge in [0.15, 0.2) is 0 Å². The average molecular weight is 268 g/mol. The van der Waals surface area contributed by atoms with Crippen LogP contribution < -0.4 is 5.32 Å². The van der Waals surface area contributed by atoms with Gasteiger partial charge in [0, 0.05) is 20.2 Å². The molecule has 1 heterocycles. The number of hydrogen-bond donors (Lipinski definition) is 1. The van der Waals surface area contributed by atoms with Gasteiger partial charge in [-0.25, -0.2) is 0 Å². The van der Waals surface area contributed by atoms with E-state index in [0.717, 1.165) is 38.1 Å². The standard InChI is InChI=1S/C15H28N2O2/c1-17-10-3-5-13(11-17)6-9-16-14(18)15(12-19-2)7-4-8-15/h13H,3-12H2,1-2H3,(H,16,18)/t13-/m1/s1. The van der Waals surface area contributed by atoms with E-state index in [4.69, 9.17) is 4.74 Å². The molecule has 2 fully saturated rings. The number of methoxy groups -OCH3 is 1. The summed E-state index contributed by atoms with van der Waals surface area (Å²) in [6.07, 6.45) is 6.84. The SMILES string of the molecule is COCC1(C(=O)NCC[C@H]2CCCN(C)C2)CCC1. The van der Waals surface area contributed by atoms with Crippen LogP contribution in [0.4, 0.5) is 0 Å². The highest BCUT2D eigenvalue weighted by molar-refractivity contribution is 5.83. The van der Waals surface area contributed by atoms with E-state index in [9.17, 15) is 4.79 Å². The number of carbonyl (C=O) groups excluding carboxylic acids is 1. The number of ether oxygens (including phenoxy) is 1. The third kappa shape index (κ3) is 3.69. The second-order valence-electron chi connectivity index (χ2n) is 6.38. The van der Waals surface area contributed by atoms with Crippen molar-refractivity contribution in [3.05, 3.63) is 0 Å². The van der Waals surface area contributed by atoms with Gasteiger partial charge < -0.3 is 15.0 Å². The minimum Gasteiger partial charge on any atom is -0.384 e. The maximum Gasteiger partial charge on any atom is 0.228 e. The third-order valence-corrected chi connectivity index (χ3v) is 4.77. The van der Waals surface area contributed by atoms with Gasteiger partial charge in [-0.05, 0) is 51.6 Å². The van der Waals surface area contributed by atoms with E-state index in [2.05, 4.69) is 17.3 Å².